The Labute approximate surface area is 105 Å². The summed E-state index contributed by atoms with van der Waals surface area (Å²) in [5.41, 5.74) is 7.43. The Morgan fingerprint density at radius 1 is 1.50 bits per heavy atom. The second-order valence-electron chi connectivity index (χ2n) is 5.13. The summed E-state index contributed by atoms with van der Waals surface area (Å²) < 4.78 is 5.36. The number of rotatable bonds is 3. The molecule has 2 rings (SSSR count). The Balaban J connectivity index is 2.14. The molecule has 5 heteroatoms. The number of benzene rings is 1. The molecule has 18 heavy (non-hydrogen) atoms. The summed E-state index contributed by atoms with van der Waals surface area (Å²) in [5, 5.41) is 2.80. The predicted molar refractivity (Wildman–Crippen MR) is 70.3 cm³/mol. The zero-order chi connectivity index (χ0) is 13.3. The molecule has 3 N–H and O–H groups in total. The van der Waals surface area contributed by atoms with Crippen LogP contribution in [0.5, 0.6) is 0 Å². The smallest absolute Gasteiger partial charge is 0.226 e. The highest BCUT2D eigenvalue weighted by molar-refractivity contribution is 5.93. The third kappa shape index (κ3) is 3.07. The van der Waals surface area contributed by atoms with E-state index in [1.54, 1.807) is 25.1 Å². The summed E-state index contributed by atoms with van der Waals surface area (Å²) in [6, 6.07) is 5.36. The molecule has 1 aromatic heterocycles. The van der Waals surface area contributed by atoms with Crippen LogP contribution >= 0.6 is 0 Å². The van der Waals surface area contributed by atoms with Crippen LogP contribution < -0.4 is 11.1 Å². The quantitative estimate of drug-likeness (QED) is 0.871. The molecule has 0 aliphatic rings. The van der Waals surface area contributed by atoms with Gasteiger partial charge < -0.3 is 15.5 Å². The number of aromatic nitrogens is 1. The van der Waals surface area contributed by atoms with Crippen LogP contribution in [0.4, 0.5) is 5.69 Å². The van der Waals surface area contributed by atoms with Crippen LogP contribution in [0.2, 0.25) is 0 Å². The fraction of sp³-hybridized carbons (Fsp3) is 0.385. The minimum absolute atomic E-state index is 0.109. The zero-order valence-electron chi connectivity index (χ0n) is 10.8. The van der Waals surface area contributed by atoms with Crippen molar-refractivity contribution in [1.82, 2.24) is 4.98 Å². The van der Waals surface area contributed by atoms with Gasteiger partial charge in [0, 0.05) is 24.6 Å². The van der Waals surface area contributed by atoms with E-state index in [0.29, 0.717) is 17.2 Å². The minimum atomic E-state index is -0.515. The Morgan fingerprint density at radius 2 is 2.22 bits per heavy atom. The first-order valence-corrected chi connectivity index (χ1v) is 5.79. The molecule has 0 unspecified atom stereocenters. The molecular formula is C13H17N3O2. The summed E-state index contributed by atoms with van der Waals surface area (Å²) in [6.45, 7) is 5.42. The lowest BCUT2D eigenvalue weighted by atomic mass is 10.0. The number of anilines is 1. The summed E-state index contributed by atoms with van der Waals surface area (Å²) in [4.78, 5) is 15.9. The SMILES string of the molecule is Cc1nc2cc(NC(=O)CC(C)(C)N)ccc2o1. The lowest BCUT2D eigenvalue weighted by Gasteiger charge is -2.17. The van der Waals surface area contributed by atoms with Crippen LogP contribution in [0.1, 0.15) is 26.2 Å². The zero-order valence-corrected chi connectivity index (χ0v) is 10.8. The van der Waals surface area contributed by atoms with Gasteiger partial charge in [0.1, 0.15) is 5.52 Å². The molecule has 2 aromatic rings. The van der Waals surface area contributed by atoms with Gasteiger partial charge in [-0.3, -0.25) is 4.79 Å². The molecule has 1 amide bonds. The first kappa shape index (κ1) is 12.6. The van der Waals surface area contributed by atoms with Crippen molar-refractivity contribution >= 4 is 22.7 Å². The van der Waals surface area contributed by atoms with Gasteiger partial charge in [0.05, 0.1) is 0 Å². The Bertz CT molecular complexity index is 581. The lowest BCUT2D eigenvalue weighted by molar-refractivity contribution is -0.117. The van der Waals surface area contributed by atoms with Gasteiger partial charge in [0.2, 0.25) is 5.91 Å². The maximum absolute atomic E-state index is 11.7. The molecule has 5 nitrogen and oxygen atoms in total. The van der Waals surface area contributed by atoms with Crippen LogP contribution in [0.15, 0.2) is 22.6 Å². The van der Waals surface area contributed by atoms with Crippen molar-refractivity contribution in [2.75, 3.05) is 5.32 Å². The van der Waals surface area contributed by atoms with Gasteiger partial charge in [0.25, 0.3) is 0 Å². The average Bonchev–Trinajstić information content (AvgIpc) is 2.53. The van der Waals surface area contributed by atoms with Gasteiger partial charge in [-0.25, -0.2) is 4.98 Å². The molecule has 0 aliphatic heterocycles. The number of carbonyl (C=O) groups excluding carboxylic acids is 1. The highest BCUT2D eigenvalue weighted by atomic mass is 16.3. The number of nitrogens with zero attached hydrogens (tertiary/aromatic N) is 1. The highest BCUT2D eigenvalue weighted by Crippen LogP contribution is 2.20. The maximum Gasteiger partial charge on any atom is 0.226 e. The Hall–Kier alpha value is -1.88. The maximum atomic E-state index is 11.7. The van der Waals surface area contributed by atoms with E-state index in [0.717, 1.165) is 5.52 Å². The van der Waals surface area contributed by atoms with Crippen LogP contribution in [-0.2, 0) is 4.79 Å². The summed E-state index contributed by atoms with van der Waals surface area (Å²) in [6.07, 6.45) is 0.267. The fourth-order valence-electron chi connectivity index (χ4n) is 1.74. The van der Waals surface area contributed by atoms with Crippen LogP contribution in [0.25, 0.3) is 11.1 Å². The molecule has 0 fully saturated rings. The molecule has 0 saturated heterocycles. The second-order valence-corrected chi connectivity index (χ2v) is 5.13. The molecule has 0 atom stereocenters. The monoisotopic (exact) mass is 247 g/mol. The van der Waals surface area contributed by atoms with Crippen LogP contribution in [-0.4, -0.2) is 16.4 Å². The molecule has 0 saturated carbocycles. The van der Waals surface area contributed by atoms with Crippen molar-refractivity contribution in [2.24, 2.45) is 5.73 Å². The van der Waals surface area contributed by atoms with E-state index in [4.69, 9.17) is 10.2 Å². The number of carbonyl (C=O) groups is 1. The van der Waals surface area contributed by atoms with Gasteiger partial charge in [-0.05, 0) is 32.0 Å². The van der Waals surface area contributed by atoms with Gasteiger partial charge >= 0.3 is 0 Å². The number of hydrogen-bond acceptors (Lipinski definition) is 4. The lowest BCUT2D eigenvalue weighted by Crippen LogP contribution is -2.36. The van der Waals surface area contributed by atoms with Crippen molar-refractivity contribution in [3.05, 3.63) is 24.1 Å². The van der Waals surface area contributed by atoms with Gasteiger partial charge in [0.15, 0.2) is 11.5 Å². The summed E-state index contributed by atoms with van der Waals surface area (Å²) in [7, 11) is 0. The molecular weight excluding hydrogens is 230 g/mol. The van der Waals surface area contributed by atoms with Crippen molar-refractivity contribution in [2.45, 2.75) is 32.7 Å². The normalized spacial score (nSPS) is 11.8. The third-order valence-electron chi connectivity index (χ3n) is 2.39. The van der Waals surface area contributed by atoms with Crippen molar-refractivity contribution < 1.29 is 9.21 Å². The van der Waals surface area contributed by atoms with Crippen molar-refractivity contribution in [3.8, 4) is 0 Å². The predicted octanol–water partition coefficient (Wildman–Crippen LogP) is 2.20. The van der Waals surface area contributed by atoms with E-state index in [-0.39, 0.29) is 12.3 Å². The average molecular weight is 247 g/mol. The molecule has 0 spiro atoms. The van der Waals surface area contributed by atoms with Crippen LogP contribution in [0, 0.1) is 6.92 Å². The fourth-order valence-corrected chi connectivity index (χ4v) is 1.74. The molecule has 0 bridgehead atoms. The van der Waals surface area contributed by atoms with E-state index in [1.807, 2.05) is 13.8 Å². The van der Waals surface area contributed by atoms with Gasteiger partial charge in [-0.1, -0.05) is 0 Å². The topological polar surface area (TPSA) is 81.2 Å². The number of oxazole rings is 1. The van der Waals surface area contributed by atoms with Crippen molar-refractivity contribution in [3.63, 3.8) is 0 Å². The number of aryl methyl sites for hydroxylation is 1. The molecule has 0 aliphatic carbocycles. The van der Waals surface area contributed by atoms with Crippen LogP contribution in [0.3, 0.4) is 0 Å². The number of fused-ring (bicyclic) bond motifs is 1. The first-order valence-electron chi connectivity index (χ1n) is 5.79. The van der Waals surface area contributed by atoms with Crippen molar-refractivity contribution in [1.29, 1.82) is 0 Å². The van der Waals surface area contributed by atoms with E-state index >= 15 is 0 Å². The first-order chi connectivity index (χ1) is 8.33. The molecule has 96 valence electrons. The number of hydrogen-bond donors (Lipinski definition) is 2. The largest absolute Gasteiger partial charge is 0.441 e. The highest BCUT2D eigenvalue weighted by Gasteiger charge is 2.16. The number of amides is 1. The molecule has 0 radical (unpaired) electrons. The summed E-state index contributed by atoms with van der Waals surface area (Å²) in [5.74, 6) is 0.499. The Kier molecular flexibility index (Phi) is 3.09. The number of nitrogens with one attached hydrogen (secondary N) is 1. The minimum Gasteiger partial charge on any atom is -0.441 e. The van der Waals surface area contributed by atoms with E-state index in [2.05, 4.69) is 10.3 Å². The number of nitrogens with two attached hydrogens (primary N) is 1. The third-order valence-corrected chi connectivity index (χ3v) is 2.39. The standard InChI is InChI=1S/C13H17N3O2/c1-8-15-10-6-9(4-5-11(10)18-8)16-12(17)7-13(2,3)14/h4-6H,7,14H2,1-3H3,(H,16,17). The van der Waals surface area contributed by atoms with Gasteiger partial charge in [-0.15, -0.1) is 0 Å². The molecule has 1 heterocycles. The summed E-state index contributed by atoms with van der Waals surface area (Å²) >= 11 is 0. The van der Waals surface area contributed by atoms with E-state index in [9.17, 15) is 4.79 Å². The van der Waals surface area contributed by atoms with E-state index in [1.165, 1.54) is 0 Å². The van der Waals surface area contributed by atoms with E-state index < -0.39 is 5.54 Å². The second kappa shape index (κ2) is 4.42. The Morgan fingerprint density at radius 3 is 2.89 bits per heavy atom. The molecule has 1 aromatic carbocycles. The van der Waals surface area contributed by atoms with Gasteiger partial charge in [-0.2, -0.15) is 0 Å².